The Hall–Kier alpha value is -1.30. The lowest BCUT2D eigenvalue weighted by atomic mass is 9.87. The van der Waals surface area contributed by atoms with E-state index in [0.29, 0.717) is 0 Å². The molecule has 0 amide bonds. The highest BCUT2D eigenvalue weighted by Gasteiger charge is 2.20. The van der Waals surface area contributed by atoms with Crippen LogP contribution in [0.3, 0.4) is 0 Å². The Balaban J connectivity index is 1.67. The Kier molecular flexibility index (Phi) is 5.87. The molecule has 1 saturated heterocycles. The van der Waals surface area contributed by atoms with Gasteiger partial charge in [-0.25, -0.2) is 4.98 Å². The first kappa shape index (κ1) is 18.5. The second-order valence-electron chi connectivity index (χ2n) is 7.67. The Morgan fingerprint density at radius 1 is 1.28 bits per heavy atom. The number of aliphatic hydroxyl groups excluding tert-OH is 1. The van der Waals surface area contributed by atoms with E-state index in [9.17, 15) is 5.11 Å². The number of thioether (sulfide) groups is 1. The van der Waals surface area contributed by atoms with Crippen molar-refractivity contribution in [2.45, 2.75) is 69.2 Å². The fourth-order valence-electron chi connectivity index (χ4n) is 3.07. The van der Waals surface area contributed by atoms with Crippen LogP contribution in [-0.2, 0) is 29.1 Å². The molecule has 2 aromatic rings. The van der Waals surface area contributed by atoms with Gasteiger partial charge in [0.05, 0.1) is 31.1 Å². The SMILES string of the molecule is CC(C)(C)c1ccc(CSc2ncc(CO)n2C[C@@H]2CCCO2)cc1. The van der Waals surface area contributed by atoms with Gasteiger partial charge >= 0.3 is 0 Å². The second kappa shape index (κ2) is 7.94. The molecule has 1 atom stereocenters. The summed E-state index contributed by atoms with van der Waals surface area (Å²) >= 11 is 1.72. The molecule has 136 valence electrons. The van der Waals surface area contributed by atoms with Crippen molar-refractivity contribution in [1.82, 2.24) is 9.55 Å². The molecule has 0 spiro atoms. The number of ether oxygens (including phenoxy) is 1. The maximum Gasteiger partial charge on any atom is 0.168 e. The van der Waals surface area contributed by atoms with Gasteiger partial charge < -0.3 is 14.4 Å². The van der Waals surface area contributed by atoms with E-state index in [-0.39, 0.29) is 18.1 Å². The quantitative estimate of drug-likeness (QED) is 0.787. The van der Waals surface area contributed by atoms with Gasteiger partial charge in [-0.3, -0.25) is 0 Å². The van der Waals surface area contributed by atoms with Gasteiger partial charge in [0.2, 0.25) is 0 Å². The molecule has 0 unspecified atom stereocenters. The fraction of sp³-hybridized carbons (Fsp3) is 0.550. The van der Waals surface area contributed by atoms with Crippen LogP contribution in [0.4, 0.5) is 0 Å². The summed E-state index contributed by atoms with van der Waals surface area (Å²) in [4.78, 5) is 4.51. The lowest BCUT2D eigenvalue weighted by molar-refractivity contribution is 0.0930. The molecule has 1 aliphatic heterocycles. The molecule has 25 heavy (non-hydrogen) atoms. The van der Waals surface area contributed by atoms with Gasteiger partial charge in [0.15, 0.2) is 5.16 Å². The van der Waals surface area contributed by atoms with Crippen LogP contribution < -0.4 is 0 Å². The molecule has 1 aromatic heterocycles. The number of hydrogen-bond donors (Lipinski definition) is 1. The highest BCUT2D eigenvalue weighted by atomic mass is 32.2. The average Bonchev–Trinajstić information content (AvgIpc) is 3.23. The van der Waals surface area contributed by atoms with Gasteiger partial charge in [0.25, 0.3) is 0 Å². The molecular weight excluding hydrogens is 332 g/mol. The lowest BCUT2D eigenvalue weighted by Gasteiger charge is -2.19. The average molecular weight is 361 g/mol. The van der Waals surface area contributed by atoms with E-state index in [0.717, 1.165) is 42.6 Å². The third-order valence-electron chi connectivity index (χ3n) is 4.66. The molecule has 0 saturated carbocycles. The summed E-state index contributed by atoms with van der Waals surface area (Å²) in [5.74, 6) is 0.873. The molecule has 2 heterocycles. The van der Waals surface area contributed by atoms with Crippen molar-refractivity contribution in [3.8, 4) is 0 Å². The molecule has 1 fully saturated rings. The van der Waals surface area contributed by atoms with Crippen LogP contribution in [0.15, 0.2) is 35.6 Å². The van der Waals surface area contributed by atoms with Gasteiger partial charge in [0.1, 0.15) is 0 Å². The van der Waals surface area contributed by atoms with E-state index < -0.39 is 0 Å². The van der Waals surface area contributed by atoms with Crippen molar-refractivity contribution in [2.75, 3.05) is 6.61 Å². The molecule has 0 aliphatic carbocycles. The Bertz CT molecular complexity index is 683. The van der Waals surface area contributed by atoms with Crippen LogP contribution in [0.25, 0.3) is 0 Å². The third kappa shape index (κ3) is 4.66. The summed E-state index contributed by atoms with van der Waals surface area (Å²) in [5.41, 5.74) is 3.68. The van der Waals surface area contributed by atoms with Gasteiger partial charge in [-0.05, 0) is 29.4 Å². The maximum atomic E-state index is 9.59. The van der Waals surface area contributed by atoms with Crippen LogP contribution in [0.5, 0.6) is 0 Å². The highest BCUT2D eigenvalue weighted by molar-refractivity contribution is 7.98. The zero-order chi connectivity index (χ0) is 17.9. The van der Waals surface area contributed by atoms with E-state index >= 15 is 0 Å². The maximum absolute atomic E-state index is 9.59. The predicted molar refractivity (Wildman–Crippen MR) is 102 cm³/mol. The molecular formula is C20H28N2O2S. The minimum absolute atomic E-state index is 0.0144. The summed E-state index contributed by atoms with van der Waals surface area (Å²) in [6.45, 7) is 8.33. The number of hydrogen-bond acceptors (Lipinski definition) is 4. The summed E-state index contributed by atoms with van der Waals surface area (Å²) in [5, 5.41) is 10.5. The normalized spacial score (nSPS) is 18.0. The van der Waals surface area contributed by atoms with Crippen molar-refractivity contribution in [3.05, 3.63) is 47.3 Å². The number of aliphatic hydroxyl groups is 1. The third-order valence-corrected chi connectivity index (χ3v) is 5.72. The summed E-state index contributed by atoms with van der Waals surface area (Å²) in [6, 6.07) is 8.84. The van der Waals surface area contributed by atoms with E-state index in [1.165, 1.54) is 11.1 Å². The minimum Gasteiger partial charge on any atom is -0.390 e. The molecule has 1 aliphatic rings. The molecule has 0 radical (unpaired) electrons. The van der Waals surface area contributed by atoms with E-state index in [2.05, 4.69) is 54.6 Å². The van der Waals surface area contributed by atoms with Crippen LogP contribution in [-0.4, -0.2) is 27.4 Å². The molecule has 4 nitrogen and oxygen atoms in total. The second-order valence-corrected chi connectivity index (χ2v) is 8.61. The lowest BCUT2D eigenvalue weighted by Crippen LogP contribution is -2.17. The number of nitrogens with zero attached hydrogens (tertiary/aromatic N) is 2. The van der Waals surface area contributed by atoms with Crippen molar-refractivity contribution < 1.29 is 9.84 Å². The predicted octanol–water partition coefficient (Wildman–Crippen LogP) is 4.14. The van der Waals surface area contributed by atoms with E-state index in [1.54, 1.807) is 18.0 Å². The van der Waals surface area contributed by atoms with Gasteiger partial charge in [-0.15, -0.1) is 0 Å². The Labute approximate surface area is 154 Å². The zero-order valence-electron chi connectivity index (χ0n) is 15.4. The molecule has 1 N–H and O–H groups in total. The minimum atomic E-state index is 0.0144. The Morgan fingerprint density at radius 3 is 2.64 bits per heavy atom. The van der Waals surface area contributed by atoms with E-state index in [4.69, 9.17) is 4.74 Å². The first-order valence-electron chi connectivity index (χ1n) is 8.96. The zero-order valence-corrected chi connectivity index (χ0v) is 16.2. The standard InChI is InChI=1S/C20H28N2O2S/c1-20(2,3)16-8-6-15(7-9-16)14-25-19-21-11-17(13-23)22(19)12-18-5-4-10-24-18/h6-9,11,18,23H,4-5,10,12-14H2,1-3H3/t18-/m0/s1. The number of aromatic nitrogens is 2. The fourth-order valence-corrected chi connectivity index (χ4v) is 4.03. The summed E-state index contributed by atoms with van der Waals surface area (Å²) in [6.07, 6.45) is 4.22. The first-order chi connectivity index (χ1) is 12.0. The van der Waals surface area contributed by atoms with Crippen molar-refractivity contribution in [1.29, 1.82) is 0 Å². The molecule has 5 heteroatoms. The van der Waals surface area contributed by atoms with Gasteiger partial charge in [0, 0.05) is 12.4 Å². The van der Waals surface area contributed by atoms with Crippen LogP contribution in [0, 0.1) is 0 Å². The van der Waals surface area contributed by atoms with Crippen LogP contribution in [0.2, 0.25) is 0 Å². The van der Waals surface area contributed by atoms with Gasteiger partial charge in [-0.1, -0.05) is 56.8 Å². The number of imidazole rings is 1. The number of rotatable bonds is 6. The van der Waals surface area contributed by atoms with Crippen LogP contribution >= 0.6 is 11.8 Å². The van der Waals surface area contributed by atoms with Crippen LogP contribution in [0.1, 0.15) is 50.4 Å². The topological polar surface area (TPSA) is 47.3 Å². The van der Waals surface area contributed by atoms with Gasteiger partial charge in [-0.2, -0.15) is 0 Å². The summed E-state index contributed by atoms with van der Waals surface area (Å²) < 4.78 is 7.86. The monoisotopic (exact) mass is 360 g/mol. The highest BCUT2D eigenvalue weighted by Crippen LogP contribution is 2.27. The van der Waals surface area contributed by atoms with Crippen molar-refractivity contribution in [3.63, 3.8) is 0 Å². The number of benzene rings is 1. The molecule has 3 rings (SSSR count). The molecule has 1 aromatic carbocycles. The van der Waals surface area contributed by atoms with Crippen molar-refractivity contribution in [2.24, 2.45) is 0 Å². The van der Waals surface area contributed by atoms with Crippen molar-refractivity contribution >= 4 is 11.8 Å². The first-order valence-corrected chi connectivity index (χ1v) is 9.95. The Morgan fingerprint density at radius 2 is 2.04 bits per heavy atom. The van der Waals surface area contributed by atoms with E-state index in [1.807, 2.05) is 0 Å². The summed E-state index contributed by atoms with van der Waals surface area (Å²) in [7, 11) is 0. The largest absolute Gasteiger partial charge is 0.390 e. The molecule has 0 bridgehead atoms. The smallest absolute Gasteiger partial charge is 0.168 e.